The van der Waals surface area contributed by atoms with Crippen LogP contribution in [0.15, 0.2) is 0 Å². The smallest absolute Gasteiger partial charge is 0.360 e. The van der Waals surface area contributed by atoms with Crippen LogP contribution in [-0.4, -0.2) is 38.5 Å². The summed E-state index contributed by atoms with van der Waals surface area (Å²) in [6, 6.07) is 0. The predicted molar refractivity (Wildman–Crippen MR) is 45.0 cm³/mol. The molecule has 74 valence electrons. The predicted octanol–water partition coefficient (Wildman–Crippen LogP) is -0.657. The van der Waals surface area contributed by atoms with E-state index in [0.29, 0.717) is 13.1 Å². The number of fused-ring (bicyclic) bond motifs is 1. The molecule has 0 aromatic carbocycles. The molecule has 0 saturated carbocycles. The van der Waals surface area contributed by atoms with Crippen LogP contribution < -0.4 is 4.90 Å². The van der Waals surface area contributed by atoms with Crippen molar-refractivity contribution in [2.24, 2.45) is 0 Å². The van der Waals surface area contributed by atoms with Crippen LogP contribution in [-0.2, 0) is 11.3 Å². The van der Waals surface area contributed by atoms with E-state index in [9.17, 15) is 9.59 Å². The van der Waals surface area contributed by atoms with Crippen molar-refractivity contribution in [3.8, 4) is 0 Å². The van der Waals surface area contributed by atoms with E-state index in [0.717, 1.165) is 0 Å². The first-order chi connectivity index (χ1) is 6.61. The van der Waals surface area contributed by atoms with Gasteiger partial charge in [-0.15, -0.1) is 5.10 Å². The van der Waals surface area contributed by atoms with Crippen molar-refractivity contribution in [3.05, 3.63) is 5.69 Å². The Labute approximate surface area is 78.9 Å². The molecule has 2 heterocycles. The van der Waals surface area contributed by atoms with E-state index in [1.807, 2.05) is 0 Å². The van der Waals surface area contributed by atoms with Gasteiger partial charge in [-0.1, -0.05) is 5.21 Å². The lowest BCUT2D eigenvalue weighted by Gasteiger charge is -2.11. The lowest BCUT2D eigenvalue weighted by Crippen LogP contribution is -2.27. The Morgan fingerprint density at radius 2 is 2.14 bits per heavy atom. The fourth-order valence-electron chi connectivity index (χ4n) is 1.47. The Balaban J connectivity index is 2.50. The van der Waals surface area contributed by atoms with E-state index < -0.39 is 5.97 Å². The summed E-state index contributed by atoms with van der Waals surface area (Å²) in [7, 11) is 0. The second-order valence-electron chi connectivity index (χ2n) is 2.96. The topological polar surface area (TPSA) is 88.3 Å². The number of carbonyl (C=O) groups is 2. The number of anilines is 1. The molecule has 7 heteroatoms. The zero-order valence-corrected chi connectivity index (χ0v) is 7.47. The first kappa shape index (κ1) is 8.67. The summed E-state index contributed by atoms with van der Waals surface area (Å²) in [6.07, 6.45) is 0. The highest BCUT2D eigenvalue weighted by molar-refractivity contribution is 5.99. The number of amides is 1. The number of nitrogens with zero attached hydrogens (tertiary/aromatic N) is 4. The van der Waals surface area contributed by atoms with Gasteiger partial charge in [-0.2, -0.15) is 0 Å². The number of carbonyl (C=O) groups excluding carboxylic acids is 1. The Morgan fingerprint density at radius 3 is 2.71 bits per heavy atom. The van der Waals surface area contributed by atoms with Crippen LogP contribution in [0.3, 0.4) is 0 Å². The van der Waals surface area contributed by atoms with Gasteiger partial charge in [0.15, 0.2) is 5.82 Å². The van der Waals surface area contributed by atoms with Gasteiger partial charge in [0, 0.05) is 13.5 Å². The Morgan fingerprint density at radius 1 is 1.43 bits per heavy atom. The Kier molecular flexibility index (Phi) is 1.73. The van der Waals surface area contributed by atoms with Crippen molar-refractivity contribution in [1.82, 2.24) is 15.0 Å². The molecule has 0 saturated heterocycles. The highest BCUT2D eigenvalue weighted by Gasteiger charge is 2.30. The second kappa shape index (κ2) is 2.79. The third-order valence-corrected chi connectivity index (χ3v) is 2.08. The lowest BCUT2D eigenvalue weighted by molar-refractivity contribution is -0.116. The number of aromatic carboxylic acids is 1. The highest BCUT2D eigenvalue weighted by atomic mass is 16.4. The minimum Gasteiger partial charge on any atom is -0.476 e. The van der Waals surface area contributed by atoms with Gasteiger partial charge in [0.25, 0.3) is 0 Å². The molecule has 0 atom stereocenters. The number of rotatable bonds is 1. The normalized spacial score (nSPS) is 14.2. The molecule has 0 aliphatic carbocycles. The van der Waals surface area contributed by atoms with Crippen LogP contribution in [0, 0.1) is 0 Å². The molecule has 1 amide bonds. The molecule has 14 heavy (non-hydrogen) atoms. The first-order valence-electron chi connectivity index (χ1n) is 4.06. The maximum absolute atomic E-state index is 11.1. The molecule has 1 aliphatic heterocycles. The quantitative estimate of drug-likeness (QED) is 0.644. The van der Waals surface area contributed by atoms with E-state index >= 15 is 0 Å². The third kappa shape index (κ3) is 1.05. The van der Waals surface area contributed by atoms with E-state index in [4.69, 9.17) is 5.11 Å². The molecule has 1 N–H and O–H groups in total. The standard InChI is InChI=1S/C7H8N4O3/c1-4(12)10-2-3-11-6(10)5(7(13)14)8-9-11/h2-3H2,1H3,(H,13,14). The molecule has 0 bridgehead atoms. The molecule has 2 rings (SSSR count). The van der Waals surface area contributed by atoms with Gasteiger partial charge in [0.05, 0.1) is 6.54 Å². The minimum atomic E-state index is -1.17. The van der Waals surface area contributed by atoms with E-state index in [1.54, 1.807) is 0 Å². The van der Waals surface area contributed by atoms with Crippen LogP contribution >= 0.6 is 0 Å². The van der Waals surface area contributed by atoms with Crippen molar-refractivity contribution in [2.45, 2.75) is 13.5 Å². The van der Waals surface area contributed by atoms with Crippen LogP contribution in [0.25, 0.3) is 0 Å². The average molecular weight is 196 g/mol. The van der Waals surface area contributed by atoms with Gasteiger partial charge in [-0.25, -0.2) is 9.48 Å². The SMILES string of the molecule is CC(=O)N1CCn2nnc(C(=O)O)c21. The summed E-state index contributed by atoms with van der Waals surface area (Å²) < 4.78 is 1.42. The molecule has 1 aliphatic rings. The molecular weight excluding hydrogens is 188 g/mol. The van der Waals surface area contributed by atoms with Gasteiger partial charge in [0.1, 0.15) is 0 Å². The zero-order valence-electron chi connectivity index (χ0n) is 7.47. The summed E-state index contributed by atoms with van der Waals surface area (Å²) in [5.74, 6) is -1.09. The van der Waals surface area contributed by atoms with Gasteiger partial charge in [0.2, 0.25) is 11.6 Å². The summed E-state index contributed by atoms with van der Waals surface area (Å²) in [4.78, 5) is 23.2. The van der Waals surface area contributed by atoms with Crippen LogP contribution in [0.2, 0.25) is 0 Å². The fourth-order valence-corrected chi connectivity index (χ4v) is 1.47. The number of carboxylic acid groups (broad SMARTS) is 1. The number of carboxylic acids is 1. The first-order valence-corrected chi connectivity index (χ1v) is 4.06. The van der Waals surface area contributed by atoms with Gasteiger partial charge in [-0.05, 0) is 0 Å². The third-order valence-electron chi connectivity index (χ3n) is 2.08. The fraction of sp³-hybridized carbons (Fsp3) is 0.429. The van der Waals surface area contributed by atoms with Crippen molar-refractivity contribution in [1.29, 1.82) is 0 Å². The van der Waals surface area contributed by atoms with Gasteiger partial charge >= 0.3 is 5.97 Å². The van der Waals surface area contributed by atoms with Crippen LogP contribution in [0.4, 0.5) is 5.82 Å². The van der Waals surface area contributed by atoms with Crippen molar-refractivity contribution >= 4 is 17.7 Å². The molecule has 7 nitrogen and oxygen atoms in total. The van der Waals surface area contributed by atoms with E-state index in [1.165, 1.54) is 16.5 Å². The number of hydrogen-bond donors (Lipinski definition) is 1. The average Bonchev–Trinajstić information content (AvgIpc) is 2.59. The van der Waals surface area contributed by atoms with Crippen LogP contribution in [0.5, 0.6) is 0 Å². The van der Waals surface area contributed by atoms with Gasteiger partial charge in [-0.3, -0.25) is 9.69 Å². The summed E-state index contributed by atoms with van der Waals surface area (Å²) in [6.45, 7) is 2.34. The maximum Gasteiger partial charge on any atom is 0.360 e. The Hall–Kier alpha value is -1.92. The molecule has 0 spiro atoms. The lowest BCUT2D eigenvalue weighted by atomic mass is 10.4. The number of hydrogen-bond acceptors (Lipinski definition) is 4. The largest absolute Gasteiger partial charge is 0.476 e. The zero-order chi connectivity index (χ0) is 10.3. The van der Waals surface area contributed by atoms with Crippen molar-refractivity contribution in [3.63, 3.8) is 0 Å². The van der Waals surface area contributed by atoms with Crippen molar-refractivity contribution < 1.29 is 14.7 Å². The maximum atomic E-state index is 11.1. The molecular formula is C7H8N4O3. The van der Waals surface area contributed by atoms with Gasteiger partial charge < -0.3 is 5.11 Å². The molecule has 1 aromatic heterocycles. The number of aromatic nitrogens is 3. The Bertz CT molecular complexity index is 411. The second-order valence-corrected chi connectivity index (χ2v) is 2.96. The summed E-state index contributed by atoms with van der Waals surface area (Å²) >= 11 is 0. The monoisotopic (exact) mass is 196 g/mol. The minimum absolute atomic E-state index is 0.169. The van der Waals surface area contributed by atoms with E-state index in [-0.39, 0.29) is 17.4 Å². The molecule has 0 unspecified atom stereocenters. The van der Waals surface area contributed by atoms with Crippen molar-refractivity contribution in [2.75, 3.05) is 11.4 Å². The molecule has 0 fully saturated rings. The van der Waals surface area contributed by atoms with Crippen LogP contribution in [0.1, 0.15) is 17.4 Å². The highest BCUT2D eigenvalue weighted by Crippen LogP contribution is 2.23. The summed E-state index contributed by atoms with van der Waals surface area (Å²) in [5, 5.41) is 15.9. The van der Waals surface area contributed by atoms with E-state index in [2.05, 4.69) is 10.3 Å². The molecule has 0 radical (unpaired) electrons. The summed E-state index contributed by atoms with van der Waals surface area (Å²) in [5.41, 5.74) is -0.169. The molecule has 1 aromatic rings.